The highest BCUT2D eigenvalue weighted by atomic mass is 19.1. The van der Waals surface area contributed by atoms with E-state index in [9.17, 15) is 9.18 Å². The van der Waals surface area contributed by atoms with Crippen LogP contribution in [-0.4, -0.2) is 11.1 Å². The summed E-state index contributed by atoms with van der Waals surface area (Å²) in [5, 5.41) is 8.89. The Morgan fingerprint density at radius 3 is 2.61 bits per heavy atom. The number of carbonyl (C=O) groups is 1. The molecular weight excluding hydrogens is 231 g/mol. The largest absolute Gasteiger partial charge is 0.481 e. The summed E-state index contributed by atoms with van der Waals surface area (Å²) in [5.41, 5.74) is 3.14. The highest BCUT2D eigenvalue weighted by molar-refractivity contribution is 5.77. The summed E-state index contributed by atoms with van der Waals surface area (Å²) < 4.78 is 13.3. The Morgan fingerprint density at radius 2 is 1.89 bits per heavy atom. The molecule has 0 aliphatic carbocycles. The third kappa shape index (κ3) is 2.56. The maximum atomic E-state index is 13.3. The Morgan fingerprint density at radius 1 is 1.17 bits per heavy atom. The highest BCUT2D eigenvalue weighted by Gasteiger charge is 2.10. The lowest BCUT2D eigenvalue weighted by atomic mass is 9.94. The van der Waals surface area contributed by atoms with Crippen LogP contribution in [0.1, 0.15) is 11.1 Å². The molecule has 0 aromatic heterocycles. The van der Waals surface area contributed by atoms with Gasteiger partial charge in [0.05, 0.1) is 6.42 Å². The molecule has 1 N–H and O–H groups in total. The molecule has 0 aliphatic rings. The molecular formula is C15H13FO2. The Bertz CT molecular complexity index is 591. The monoisotopic (exact) mass is 244 g/mol. The lowest BCUT2D eigenvalue weighted by Gasteiger charge is -2.10. The van der Waals surface area contributed by atoms with Crippen LogP contribution < -0.4 is 0 Å². The van der Waals surface area contributed by atoms with Crippen LogP contribution in [-0.2, 0) is 11.2 Å². The van der Waals surface area contributed by atoms with Crippen molar-refractivity contribution in [2.75, 3.05) is 0 Å². The van der Waals surface area contributed by atoms with E-state index < -0.39 is 5.97 Å². The van der Waals surface area contributed by atoms with Gasteiger partial charge < -0.3 is 5.11 Å². The third-order valence-electron chi connectivity index (χ3n) is 2.85. The molecule has 2 rings (SSSR count). The van der Waals surface area contributed by atoms with Crippen molar-refractivity contribution in [3.05, 3.63) is 59.4 Å². The Labute approximate surface area is 105 Å². The van der Waals surface area contributed by atoms with E-state index in [0.29, 0.717) is 5.56 Å². The fraction of sp³-hybridized carbons (Fsp3) is 0.133. The lowest BCUT2D eigenvalue weighted by Crippen LogP contribution is -2.02. The molecule has 0 atom stereocenters. The van der Waals surface area contributed by atoms with Gasteiger partial charge in [-0.25, -0.2) is 4.39 Å². The molecule has 0 radical (unpaired) electrons. The van der Waals surface area contributed by atoms with E-state index in [1.54, 1.807) is 18.2 Å². The summed E-state index contributed by atoms with van der Waals surface area (Å²) in [4.78, 5) is 10.8. The number of benzene rings is 2. The predicted octanol–water partition coefficient (Wildman–Crippen LogP) is 3.43. The second-order valence-electron chi connectivity index (χ2n) is 4.19. The van der Waals surface area contributed by atoms with Gasteiger partial charge in [-0.15, -0.1) is 0 Å². The van der Waals surface area contributed by atoms with E-state index in [-0.39, 0.29) is 12.2 Å². The van der Waals surface area contributed by atoms with Crippen LogP contribution in [0.15, 0.2) is 42.5 Å². The zero-order valence-corrected chi connectivity index (χ0v) is 9.98. The molecule has 18 heavy (non-hydrogen) atoms. The molecule has 3 heteroatoms. The first-order valence-corrected chi connectivity index (χ1v) is 5.64. The Balaban J connectivity index is 2.56. The van der Waals surface area contributed by atoms with Crippen LogP contribution in [0.2, 0.25) is 0 Å². The first-order valence-electron chi connectivity index (χ1n) is 5.64. The number of halogens is 1. The van der Waals surface area contributed by atoms with E-state index in [1.807, 2.05) is 19.1 Å². The minimum absolute atomic E-state index is 0.0634. The molecule has 2 nitrogen and oxygen atoms in total. The maximum Gasteiger partial charge on any atom is 0.307 e. The van der Waals surface area contributed by atoms with Gasteiger partial charge >= 0.3 is 5.97 Å². The number of carboxylic acid groups (broad SMARTS) is 1. The number of carboxylic acids is 1. The van der Waals surface area contributed by atoms with Crippen LogP contribution in [0, 0.1) is 12.7 Å². The Kier molecular flexibility index (Phi) is 3.42. The van der Waals surface area contributed by atoms with E-state index in [2.05, 4.69) is 0 Å². The minimum Gasteiger partial charge on any atom is -0.481 e. The van der Waals surface area contributed by atoms with Crippen molar-refractivity contribution in [3.8, 4) is 11.1 Å². The van der Waals surface area contributed by atoms with E-state index in [4.69, 9.17) is 5.11 Å². The fourth-order valence-electron chi connectivity index (χ4n) is 1.98. The first kappa shape index (κ1) is 12.3. The van der Waals surface area contributed by atoms with Gasteiger partial charge in [0.15, 0.2) is 0 Å². The minimum atomic E-state index is -0.892. The van der Waals surface area contributed by atoms with Gasteiger partial charge in [0.1, 0.15) is 5.82 Å². The normalized spacial score (nSPS) is 10.3. The number of rotatable bonds is 3. The molecule has 0 saturated carbocycles. The van der Waals surface area contributed by atoms with Crippen LogP contribution in [0.4, 0.5) is 4.39 Å². The van der Waals surface area contributed by atoms with Crippen molar-refractivity contribution >= 4 is 5.97 Å². The SMILES string of the molecule is Cc1ccc(F)cc1-c1ccccc1CC(=O)O. The third-order valence-corrected chi connectivity index (χ3v) is 2.85. The molecule has 0 bridgehead atoms. The summed E-state index contributed by atoms with van der Waals surface area (Å²) in [6.07, 6.45) is -0.0634. The van der Waals surface area contributed by atoms with Gasteiger partial charge in [-0.2, -0.15) is 0 Å². The van der Waals surface area contributed by atoms with E-state index >= 15 is 0 Å². The molecule has 0 unspecified atom stereocenters. The van der Waals surface area contributed by atoms with Gasteiger partial charge in [0, 0.05) is 0 Å². The number of hydrogen-bond acceptors (Lipinski definition) is 1. The average molecular weight is 244 g/mol. The molecule has 0 spiro atoms. The second-order valence-corrected chi connectivity index (χ2v) is 4.19. The predicted molar refractivity (Wildman–Crippen MR) is 67.9 cm³/mol. The molecule has 0 saturated heterocycles. The van der Waals surface area contributed by atoms with Gasteiger partial charge in [-0.1, -0.05) is 30.3 Å². The summed E-state index contributed by atoms with van der Waals surface area (Å²) >= 11 is 0. The highest BCUT2D eigenvalue weighted by Crippen LogP contribution is 2.27. The van der Waals surface area contributed by atoms with Crippen LogP contribution >= 0.6 is 0 Å². The van der Waals surface area contributed by atoms with Crippen molar-refractivity contribution in [1.82, 2.24) is 0 Å². The second kappa shape index (κ2) is 5.00. The van der Waals surface area contributed by atoms with Gasteiger partial charge in [0.25, 0.3) is 0 Å². The molecule has 0 fully saturated rings. The standard InChI is InChI=1S/C15H13FO2/c1-10-6-7-12(16)9-14(10)13-5-3-2-4-11(13)8-15(17)18/h2-7,9H,8H2,1H3,(H,17,18). The van der Waals surface area contributed by atoms with Crippen LogP contribution in [0.5, 0.6) is 0 Å². The van der Waals surface area contributed by atoms with Gasteiger partial charge in [0.2, 0.25) is 0 Å². The fourth-order valence-corrected chi connectivity index (χ4v) is 1.98. The first-order chi connectivity index (χ1) is 8.58. The maximum absolute atomic E-state index is 13.3. The lowest BCUT2D eigenvalue weighted by molar-refractivity contribution is -0.136. The molecule has 0 aliphatic heterocycles. The molecule has 2 aromatic carbocycles. The average Bonchev–Trinajstić information content (AvgIpc) is 2.32. The van der Waals surface area contributed by atoms with Crippen molar-refractivity contribution in [2.24, 2.45) is 0 Å². The molecule has 92 valence electrons. The number of aryl methyl sites for hydroxylation is 1. The summed E-state index contributed by atoms with van der Waals surface area (Å²) in [6, 6.07) is 11.7. The zero-order valence-electron chi connectivity index (χ0n) is 9.98. The molecule has 2 aromatic rings. The van der Waals surface area contributed by atoms with Crippen molar-refractivity contribution in [1.29, 1.82) is 0 Å². The summed E-state index contributed by atoms with van der Waals surface area (Å²) in [5.74, 6) is -1.21. The van der Waals surface area contributed by atoms with Crippen LogP contribution in [0.25, 0.3) is 11.1 Å². The van der Waals surface area contributed by atoms with Crippen molar-refractivity contribution < 1.29 is 14.3 Å². The van der Waals surface area contributed by atoms with Gasteiger partial charge in [-0.05, 0) is 41.3 Å². The zero-order chi connectivity index (χ0) is 13.1. The summed E-state index contributed by atoms with van der Waals surface area (Å²) in [7, 11) is 0. The van der Waals surface area contributed by atoms with E-state index in [0.717, 1.165) is 16.7 Å². The molecule has 0 amide bonds. The number of hydrogen-bond donors (Lipinski definition) is 1. The van der Waals surface area contributed by atoms with Crippen LogP contribution in [0.3, 0.4) is 0 Å². The quantitative estimate of drug-likeness (QED) is 0.898. The van der Waals surface area contributed by atoms with Crippen molar-refractivity contribution in [3.63, 3.8) is 0 Å². The Hall–Kier alpha value is -2.16. The summed E-state index contributed by atoms with van der Waals surface area (Å²) in [6.45, 7) is 1.88. The smallest absolute Gasteiger partial charge is 0.307 e. The van der Waals surface area contributed by atoms with Gasteiger partial charge in [-0.3, -0.25) is 4.79 Å². The van der Waals surface area contributed by atoms with Crippen molar-refractivity contribution in [2.45, 2.75) is 13.3 Å². The molecule has 0 heterocycles. The topological polar surface area (TPSA) is 37.3 Å². The van der Waals surface area contributed by atoms with E-state index in [1.165, 1.54) is 12.1 Å². The number of aliphatic carboxylic acids is 1.